The maximum atomic E-state index is 12.9. The highest BCUT2D eigenvalue weighted by Gasteiger charge is 2.37. The van der Waals surface area contributed by atoms with Gasteiger partial charge in [0.05, 0.1) is 22.5 Å². The van der Waals surface area contributed by atoms with Crippen molar-refractivity contribution in [2.45, 2.75) is 6.42 Å². The first kappa shape index (κ1) is 15.1. The van der Waals surface area contributed by atoms with Crippen molar-refractivity contribution in [1.29, 1.82) is 0 Å². The molecular formula is C20H14N2O3. The minimum absolute atomic E-state index is 0.0316. The van der Waals surface area contributed by atoms with Gasteiger partial charge in [-0.05, 0) is 30.3 Å². The SMILES string of the molecule is Nc1ccc(N=C2CC=C(O)C3=C2C(=O)c2ccccc2C3=O)cc1. The first-order chi connectivity index (χ1) is 12.1. The summed E-state index contributed by atoms with van der Waals surface area (Å²) in [5, 5.41) is 10.2. The summed E-state index contributed by atoms with van der Waals surface area (Å²) in [6.45, 7) is 0. The number of Topliss-reactive ketones (excluding diaryl/α,β-unsaturated/α-hetero) is 2. The van der Waals surface area contributed by atoms with E-state index in [0.29, 0.717) is 28.2 Å². The van der Waals surface area contributed by atoms with E-state index in [1.54, 1.807) is 48.5 Å². The van der Waals surface area contributed by atoms with E-state index in [1.807, 2.05) is 0 Å². The van der Waals surface area contributed by atoms with Gasteiger partial charge < -0.3 is 10.8 Å². The molecule has 0 aromatic heterocycles. The van der Waals surface area contributed by atoms with Crippen molar-refractivity contribution in [3.05, 3.63) is 82.6 Å². The number of fused-ring (bicyclic) bond motifs is 1. The third-order valence-electron chi connectivity index (χ3n) is 4.31. The molecule has 0 aliphatic heterocycles. The molecule has 25 heavy (non-hydrogen) atoms. The van der Waals surface area contributed by atoms with Crippen LogP contribution in [0.25, 0.3) is 0 Å². The lowest BCUT2D eigenvalue weighted by atomic mass is 9.78. The smallest absolute Gasteiger partial charge is 0.198 e. The minimum Gasteiger partial charge on any atom is -0.507 e. The van der Waals surface area contributed by atoms with Crippen LogP contribution in [0.5, 0.6) is 0 Å². The summed E-state index contributed by atoms with van der Waals surface area (Å²) in [7, 11) is 0. The van der Waals surface area contributed by atoms with Gasteiger partial charge >= 0.3 is 0 Å². The molecule has 0 bridgehead atoms. The van der Waals surface area contributed by atoms with Crippen LogP contribution in [0, 0.1) is 0 Å². The molecule has 0 spiro atoms. The molecule has 0 saturated heterocycles. The van der Waals surface area contributed by atoms with Gasteiger partial charge in [0.1, 0.15) is 5.76 Å². The number of anilines is 1. The quantitative estimate of drug-likeness (QED) is 0.782. The highest BCUT2D eigenvalue weighted by Crippen LogP contribution is 2.34. The lowest BCUT2D eigenvalue weighted by Gasteiger charge is -2.24. The summed E-state index contributed by atoms with van der Waals surface area (Å²) < 4.78 is 0. The largest absolute Gasteiger partial charge is 0.507 e. The molecule has 4 rings (SSSR count). The van der Waals surface area contributed by atoms with E-state index in [9.17, 15) is 14.7 Å². The molecule has 0 saturated carbocycles. The standard InChI is InChI=1S/C20H14N2O3/c21-11-5-7-12(8-6-11)22-15-9-10-16(23)18-17(15)19(24)13-3-1-2-4-14(13)20(18)25/h1-8,10,23H,9,21H2. The van der Waals surface area contributed by atoms with Crippen molar-refractivity contribution >= 4 is 28.7 Å². The Hall–Kier alpha value is -3.47. The summed E-state index contributed by atoms with van der Waals surface area (Å²) >= 11 is 0. The molecule has 0 unspecified atom stereocenters. The number of nitrogens with two attached hydrogens (primary N) is 1. The van der Waals surface area contributed by atoms with Gasteiger partial charge in [0.2, 0.25) is 0 Å². The molecule has 2 aliphatic carbocycles. The molecule has 5 nitrogen and oxygen atoms in total. The minimum atomic E-state index is -0.358. The Labute approximate surface area is 143 Å². The number of ketones is 2. The Morgan fingerprint density at radius 1 is 0.880 bits per heavy atom. The molecule has 2 aromatic rings. The van der Waals surface area contributed by atoms with Crippen molar-refractivity contribution in [3.8, 4) is 0 Å². The van der Waals surface area contributed by atoms with Crippen molar-refractivity contribution in [3.63, 3.8) is 0 Å². The first-order valence-electron chi connectivity index (χ1n) is 7.82. The summed E-state index contributed by atoms with van der Waals surface area (Å²) in [6, 6.07) is 13.5. The number of allylic oxidation sites excluding steroid dienone is 3. The van der Waals surface area contributed by atoms with Gasteiger partial charge in [-0.15, -0.1) is 0 Å². The lowest BCUT2D eigenvalue weighted by molar-refractivity contribution is 0.0975. The third-order valence-corrected chi connectivity index (χ3v) is 4.31. The predicted molar refractivity (Wildman–Crippen MR) is 95.4 cm³/mol. The zero-order valence-corrected chi connectivity index (χ0v) is 13.2. The fourth-order valence-electron chi connectivity index (χ4n) is 3.10. The average Bonchev–Trinajstić information content (AvgIpc) is 2.63. The van der Waals surface area contributed by atoms with E-state index in [-0.39, 0.29) is 34.9 Å². The number of benzene rings is 2. The van der Waals surface area contributed by atoms with Crippen molar-refractivity contribution in [2.24, 2.45) is 4.99 Å². The van der Waals surface area contributed by atoms with E-state index in [0.717, 1.165) is 0 Å². The predicted octanol–water partition coefficient (Wildman–Crippen LogP) is 3.56. The van der Waals surface area contributed by atoms with Crippen molar-refractivity contribution < 1.29 is 14.7 Å². The Bertz CT molecular complexity index is 1010. The van der Waals surface area contributed by atoms with E-state index >= 15 is 0 Å². The highest BCUT2D eigenvalue weighted by atomic mass is 16.3. The van der Waals surface area contributed by atoms with Crippen LogP contribution >= 0.6 is 0 Å². The van der Waals surface area contributed by atoms with Gasteiger partial charge in [0.25, 0.3) is 0 Å². The maximum absolute atomic E-state index is 12.9. The van der Waals surface area contributed by atoms with Gasteiger partial charge in [-0.25, -0.2) is 0 Å². The molecule has 0 heterocycles. The van der Waals surface area contributed by atoms with E-state index < -0.39 is 0 Å². The van der Waals surface area contributed by atoms with Crippen LogP contribution in [-0.2, 0) is 0 Å². The summed E-state index contributed by atoms with van der Waals surface area (Å²) in [5.41, 5.74) is 8.24. The van der Waals surface area contributed by atoms with Crippen LogP contribution in [0.15, 0.2) is 76.5 Å². The maximum Gasteiger partial charge on any atom is 0.198 e. The zero-order valence-electron chi connectivity index (χ0n) is 13.2. The molecular weight excluding hydrogens is 316 g/mol. The molecule has 0 amide bonds. The number of hydrogen-bond donors (Lipinski definition) is 2. The van der Waals surface area contributed by atoms with E-state index in [4.69, 9.17) is 5.73 Å². The number of rotatable bonds is 1. The first-order valence-corrected chi connectivity index (χ1v) is 7.82. The third kappa shape index (κ3) is 2.37. The number of hydrogen-bond acceptors (Lipinski definition) is 5. The molecule has 2 aromatic carbocycles. The number of nitrogen functional groups attached to an aromatic ring is 1. The zero-order chi connectivity index (χ0) is 17.6. The highest BCUT2D eigenvalue weighted by molar-refractivity contribution is 6.39. The van der Waals surface area contributed by atoms with Crippen LogP contribution in [0.2, 0.25) is 0 Å². The van der Waals surface area contributed by atoms with Crippen LogP contribution in [0.1, 0.15) is 27.1 Å². The fraction of sp³-hybridized carbons (Fsp3) is 0.0500. The van der Waals surface area contributed by atoms with Crippen LogP contribution in [0.3, 0.4) is 0 Å². The van der Waals surface area contributed by atoms with Crippen molar-refractivity contribution in [2.75, 3.05) is 5.73 Å². The second kappa shape index (κ2) is 5.56. The van der Waals surface area contributed by atoms with E-state index in [1.165, 1.54) is 6.08 Å². The molecule has 5 heteroatoms. The summed E-state index contributed by atoms with van der Waals surface area (Å²) in [4.78, 5) is 30.2. The van der Waals surface area contributed by atoms with Gasteiger partial charge in [-0.1, -0.05) is 24.3 Å². The van der Waals surface area contributed by atoms with E-state index in [2.05, 4.69) is 4.99 Å². The Morgan fingerprint density at radius 2 is 1.48 bits per heavy atom. The Balaban J connectivity index is 1.90. The number of aliphatic imine (C=N–C) groups is 1. The van der Waals surface area contributed by atoms with Gasteiger partial charge in [-0.2, -0.15) is 0 Å². The normalized spacial score (nSPS) is 18.1. The summed E-state index contributed by atoms with van der Waals surface area (Å²) in [6.07, 6.45) is 1.78. The second-order valence-electron chi connectivity index (χ2n) is 5.90. The second-order valence-corrected chi connectivity index (χ2v) is 5.90. The number of aliphatic hydroxyl groups excluding tert-OH is 1. The molecule has 122 valence electrons. The number of carbonyl (C=O) groups excluding carboxylic acids is 2. The molecule has 0 fully saturated rings. The summed E-state index contributed by atoms with van der Waals surface area (Å²) in [5.74, 6) is -0.818. The average molecular weight is 330 g/mol. The number of carbonyl (C=O) groups is 2. The van der Waals surface area contributed by atoms with Crippen LogP contribution < -0.4 is 5.73 Å². The van der Waals surface area contributed by atoms with Gasteiger partial charge in [-0.3, -0.25) is 14.6 Å². The van der Waals surface area contributed by atoms with Gasteiger partial charge in [0, 0.05) is 23.2 Å². The molecule has 0 atom stereocenters. The lowest BCUT2D eigenvalue weighted by Crippen LogP contribution is -2.29. The fourth-order valence-corrected chi connectivity index (χ4v) is 3.10. The molecule has 2 aliphatic rings. The molecule has 0 radical (unpaired) electrons. The molecule has 3 N–H and O–H groups in total. The topological polar surface area (TPSA) is 92.8 Å². The van der Waals surface area contributed by atoms with Crippen LogP contribution in [0.4, 0.5) is 11.4 Å². The monoisotopic (exact) mass is 330 g/mol. The number of nitrogens with zero attached hydrogens (tertiary/aromatic N) is 1. The van der Waals surface area contributed by atoms with Crippen LogP contribution in [-0.4, -0.2) is 22.4 Å². The number of aliphatic hydroxyl groups is 1. The Morgan fingerprint density at radius 3 is 2.12 bits per heavy atom. The Kier molecular flexibility index (Phi) is 3.35. The van der Waals surface area contributed by atoms with Crippen molar-refractivity contribution in [1.82, 2.24) is 0 Å². The van der Waals surface area contributed by atoms with Gasteiger partial charge in [0.15, 0.2) is 11.6 Å².